The Morgan fingerprint density at radius 1 is 1.53 bits per heavy atom. The van der Waals surface area contributed by atoms with Crippen molar-refractivity contribution in [3.05, 3.63) is 16.4 Å². The average molecular weight is 292 g/mol. The highest BCUT2D eigenvalue weighted by atomic mass is 79.9. The Kier molecular flexibility index (Phi) is 3.13. The molecule has 1 aliphatic carbocycles. The summed E-state index contributed by atoms with van der Waals surface area (Å²) < 4.78 is 2.04. The summed E-state index contributed by atoms with van der Waals surface area (Å²) in [7, 11) is 0. The summed E-state index contributed by atoms with van der Waals surface area (Å²) in [4.78, 5) is 0. The van der Waals surface area contributed by atoms with Gasteiger partial charge in [0.15, 0.2) is 0 Å². The Bertz CT molecular complexity index is 369. The smallest absolute Gasteiger partial charge is 0.0847 e. The Labute approximate surface area is 104 Å². The van der Waals surface area contributed by atoms with Crippen LogP contribution in [0.15, 0.2) is 0 Å². The predicted molar refractivity (Wildman–Crippen MR) is 66.8 cm³/mol. The fourth-order valence-corrected chi connectivity index (χ4v) is 2.89. The Morgan fingerprint density at radius 2 is 2.20 bits per heavy atom. The van der Waals surface area contributed by atoms with Crippen molar-refractivity contribution in [2.75, 3.05) is 5.33 Å². The van der Waals surface area contributed by atoms with E-state index in [-0.39, 0.29) is 0 Å². The molecule has 15 heavy (non-hydrogen) atoms. The van der Waals surface area contributed by atoms with Gasteiger partial charge in [-0.15, -0.1) is 0 Å². The molecular formula is C11H16BrClN2. The van der Waals surface area contributed by atoms with E-state index in [1.807, 2.05) is 11.6 Å². The molecule has 1 heterocycles. The molecule has 0 bridgehead atoms. The molecule has 0 aliphatic heterocycles. The number of aryl methyl sites for hydroxylation is 2. The lowest BCUT2D eigenvalue weighted by molar-refractivity contribution is 0.528. The number of nitrogens with zero attached hydrogens (tertiary/aromatic N) is 2. The van der Waals surface area contributed by atoms with Crippen LogP contribution >= 0.6 is 27.5 Å². The second-order valence-electron chi connectivity index (χ2n) is 4.47. The van der Waals surface area contributed by atoms with Gasteiger partial charge in [-0.1, -0.05) is 27.5 Å². The number of aromatic nitrogens is 2. The summed E-state index contributed by atoms with van der Waals surface area (Å²) in [6, 6.07) is 0. The maximum atomic E-state index is 6.28. The fourth-order valence-electron chi connectivity index (χ4n) is 1.93. The SMILES string of the molecule is CCn1nc(C)c(Cl)c1CC1(CBr)CC1. The monoisotopic (exact) mass is 290 g/mol. The van der Waals surface area contributed by atoms with E-state index in [0.717, 1.165) is 29.0 Å². The molecule has 2 nitrogen and oxygen atoms in total. The van der Waals surface area contributed by atoms with Crippen molar-refractivity contribution in [1.82, 2.24) is 9.78 Å². The van der Waals surface area contributed by atoms with E-state index in [9.17, 15) is 0 Å². The fraction of sp³-hybridized carbons (Fsp3) is 0.727. The minimum atomic E-state index is 0.461. The van der Waals surface area contributed by atoms with Gasteiger partial charge in [-0.05, 0) is 38.5 Å². The minimum absolute atomic E-state index is 0.461. The van der Waals surface area contributed by atoms with Crippen molar-refractivity contribution in [3.63, 3.8) is 0 Å². The molecule has 84 valence electrons. The van der Waals surface area contributed by atoms with Crippen molar-refractivity contribution < 1.29 is 0 Å². The van der Waals surface area contributed by atoms with E-state index in [0.29, 0.717) is 5.41 Å². The summed E-state index contributed by atoms with van der Waals surface area (Å²) >= 11 is 9.88. The Balaban J connectivity index is 2.26. The number of rotatable bonds is 4. The number of hydrogen-bond acceptors (Lipinski definition) is 1. The highest BCUT2D eigenvalue weighted by Gasteiger charge is 2.42. The maximum absolute atomic E-state index is 6.28. The van der Waals surface area contributed by atoms with Crippen LogP contribution < -0.4 is 0 Å². The molecule has 1 fully saturated rings. The zero-order valence-electron chi connectivity index (χ0n) is 9.19. The van der Waals surface area contributed by atoms with Crippen LogP contribution in [-0.4, -0.2) is 15.1 Å². The van der Waals surface area contributed by atoms with Crippen LogP contribution in [0.2, 0.25) is 5.02 Å². The molecule has 1 aromatic heterocycles. The average Bonchev–Trinajstić information content (AvgIpc) is 2.97. The molecule has 0 N–H and O–H groups in total. The van der Waals surface area contributed by atoms with Gasteiger partial charge in [-0.3, -0.25) is 4.68 Å². The van der Waals surface area contributed by atoms with Gasteiger partial charge in [0.25, 0.3) is 0 Å². The van der Waals surface area contributed by atoms with Crippen molar-refractivity contribution >= 4 is 27.5 Å². The minimum Gasteiger partial charge on any atom is -0.268 e. The first-order valence-electron chi connectivity index (χ1n) is 5.39. The number of hydrogen-bond donors (Lipinski definition) is 0. The molecule has 0 spiro atoms. The topological polar surface area (TPSA) is 17.8 Å². The zero-order chi connectivity index (χ0) is 11.1. The van der Waals surface area contributed by atoms with E-state index in [4.69, 9.17) is 11.6 Å². The van der Waals surface area contributed by atoms with E-state index >= 15 is 0 Å². The first-order valence-corrected chi connectivity index (χ1v) is 6.89. The van der Waals surface area contributed by atoms with Crippen molar-refractivity contribution in [2.45, 2.75) is 39.7 Å². The lowest BCUT2D eigenvalue weighted by Crippen LogP contribution is -2.12. The van der Waals surface area contributed by atoms with Gasteiger partial charge in [-0.25, -0.2) is 0 Å². The molecule has 0 unspecified atom stereocenters. The Morgan fingerprint density at radius 3 is 2.67 bits per heavy atom. The van der Waals surface area contributed by atoms with Crippen LogP contribution in [0.1, 0.15) is 31.2 Å². The second-order valence-corrected chi connectivity index (χ2v) is 5.41. The maximum Gasteiger partial charge on any atom is 0.0847 e. The summed E-state index contributed by atoms with van der Waals surface area (Å²) in [5.74, 6) is 0. The van der Waals surface area contributed by atoms with Gasteiger partial charge in [0.1, 0.15) is 0 Å². The first-order chi connectivity index (χ1) is 7.12. The summed E-state index contributed by atoms with van der Waals surface area (Å²) in [6.07, 6.45) is 3.68. The van der Waals surface area contributed by atoms with E-state index in [2.05, 4.69) is 28.0 Å². The third-order valence-corrected chi connectivity index (χ3v) is 4.92. The molecule has 0 aromatic carbocycles. The van der Waals surface area contributed by atoms with Crippen LogP contribution in [0.25, 0.3) is 0 Å². The largest absolute Gasteiger partial charge is 0.268 e. The molecule has 0 radical (unpaired) electrons. The van der Waals surface area contributed by atoms with Crippen LogP contribution in [0, 0.1) is 12.3 Å². The second kappa shape index (κ2) is 4.10. The van der Waals surface area contributed by atoms with Crippen molar-refractivity contribution in [3.8, 4) is 0 Å². The molecule has 1 aliphatic rings. The first kappa shape index (κ1) is 11.5. The van der Waals surface area contributed by atoms with Crippen LogP contribution in [-0.2, 0) is 13.0 Å². The molecule has 1 aromatic rings. The van der Waals surface area contributed by atoms with Crippen LogP contribution in [0.4, 0.5) is 0 Å². The third-order valence-electron chi connectivity index (χ3n) is 3.24. The quantitative estimate of drug-likeness (QED) is 0.775. The van der Waals surface area contributed by atoms with Crippen molar-refractivity contribution in [1.29, 1.82) is 0 Å². The van der Waals surface area contributed by atoms with Gasteiger partial charge in [-0.2, -0.15) is 5.10 Å². The van der Waals surface area contributed by atoms with Crippen LogP contribution in [0.5, 0.6) is 0 Å². The van der Waals surface area contributed by atoms with Gasteiger partial charge < -0.3 is 0 Å². The lowest BCUT2D eigenvalue weighted by atomic mass is 10.0. The number of halogens is 2. The summed E-state index contributed by atoms with van der Waals surface area (Å²) in [5, 5.41) is 6.38. The molecule has 0 amide bonds. The van der Waals surface area contributed by atoms with E-state index < -0.39 is 0 Å². The van der Waals surface area contributed by atoms with Crippen LogP contribution in [0.3, 0.4) is 0 Å². The normalized spacial score (nSPS) is 18.1. The van der Waals surface area contributed by atoms with E-state index in [1.165, 1.54) is 18.5 Å². The third kappa shape index (κ3) is 2.09. The molecule has 0 atom stereocenters. The molecule has 2 rings (SSSR count). The molecule has 4 heteroatoms. The molecule has 0 saturated heterocycles. The van der Waals surface area contributed by atoms with Crippen molar-refractivity contribution in [2.24, 2.45) is 5.41 Å². The number of alkyl halides is 1. The van der Waals surface area contributed by atoms with Gasteiger partial charge in [0, 0.05) is 11.9 Å². The van der Waals surface area contributed by atoms with E-state index in [1.54, 1.807) is 0 Å². The zero-order valence-corrected chi connectivity index (χ0v) is 11.5. The summed E-state index contributed by atoms with van der Waals surface area (Å²) in [6.45, 7) is 4.99. The van der Waals surface area contributed by atoms with Gasteiger partial charge in [0.2, 0.25) is 0 Å². The summed E-state index contributed by atoms with van der Waals surface area (Å²) in [5.41, 5.74) is 2.63. The predicted octanol–water partition coefficient (Wildman–Crippen LogP) is 3.58. The molecular weight excluding hydrogens is 275 g/mol. The Hall–Kier alpha value is -0.0200. The standard InChI is InChI=1S/C11H16BrClN2/c1-3-15-9(10(13)8(2)14-15)6-11(7-12)4-5-11/h3-7H2,1-2H3. The van der Waals surface area contributed by atoms with Gasteiger partial charge in [0.05, 0.1) is 16.4 Å². The molecule has 1 saturated carbocycles. The van der Waals surface area contributed by atoms with Gasteiger partial charge >= 0.3 is 0 Å². The lowest BCUT2D eigenvalue weighted by Gasteiger charge is -2.12. The highest BCUT2D eigenvalue weighted by molar-refractivity contribution is 9.09. The highest BCUT2D eigenvalue weighted by Crippen LogP contribution is 2.50.